The fourth-order valence-corrected chi connectivity index (χ4v) is 5.45. The molecule has 0 spiro atoms. The summed E-state index contributed by atoms with van der Waals surface area (Å²) in [6.07, 6.45) is 1.70. The van der Waals surface area contributed by atoms with Gasteiger partial charge in [-0.2, -0.15) is 0 Å². The zero-order valence-electron chi connectivity index (χ0n) is 20.0. The van der Waals surface area contributed by atoms with Gasteiger partial charge in [0.05, 0.1) is 16.6 Å². The predicted molar refractivity (Wildman–Crippen MR) is 134 cm³/mol. The van der Waals surface area contributed by atoms with Crippen LogP contribution in [0.25, 0.3) is 0 Å². The van der Waals surface area contributed by atoms with Crippen molar-refractivity contribution >= 4 is 27.8 Å². The van der Waals surface area contributed by atoms with Crippen LogP contribution in [-0.4, -0.2) is 73.8 Å². The van der Waals surface area contributed by atoms with Gasteiger partial charge in [-0.05, 0) is 31.5 Å². The molecule has 4 rings (SSSR count). The smallest absolute Gasteiger partial charge is 0.275 e. The van der Waals surface area contributed by atoms with Gasteiger partial charge in [-0.25, -0.2) is 8.78 Å². The molecule has 2 aliphatic rings. The molecule has 0 radical (unpaired) electrons. The van der Waals surface area contributed by atoms with Crippen LogP contribution >= 0.6 is 11.8 Å². The number of nitrogens with one attached hydrogen (secondary N) is 4. The van der Waals surface area contributed by atoms with Crippen LogP contribution in [0.3, 0.4) is 0 Å². The Morgan fingerprint density at radius 3 is 2.72 bits per heavy atom. The average molecular weight is 519 g/mol. The van der Waals surface area contributed by atoms with Crippen LogP contribution in [0.5, 0.6) is 5.75 Å². The van der Waals surface area contributed by atoms with E-state index in [1.807, 2.05) is 6.92 Å². The zero-order valence-corrected chi connectivity index (χ0v) is 20.8. The van der Waals surface area contributed by atoms with E-state index in [2.05, 4.69) is 22.1 Å². The number of aromatic nitrogens is 1. The first kappa shape index (κ1) is 26.0. The summed E-state index contributed by atoms with van der Waals surface area (Å²) in [4.78, 5) is 32.8. The van der Waals surface area contributed by atoms with E-state index in [1.165, 1.54) is 12.3 Å². The van der Waals surface area contributed by atoms with Crippen LogP contribution in [-0.2, 0) is 6.42 Å². The van der Waals surface area contributed by atoms with Crippen molar-refractivity contribution in [2.75, 3.05) is 26.2 Å². The molecule has 2 saturated heterocycles. The molecule has 1 aromatic heterocycles. The summed E-state index contributed by atoms with van der Waals surface area (Å²) in [5, 5.41) is 29.8. The lowest BCUT2D eigenvalue weighted by atomic mass is 10.0. The van der Waals surface area contributed by atoms with Crippen molar-refractivity contribution in [2.24, 2.45) is 0 Å². The monoisotopic (exact) mass is 518 g/mol. The lowest BCUT2D eigenvalue weighted by Crippen LogP contribution is -2.52. The lowest BCUT2D eigenvalue weighted by molar-refractivity contribution is 0.0561. The number of likely N-dealkylation sites (tertiary alicyclic amines) is 1. The summed E-state index contributed by atoms with van der Waals surface area (Å²) in [7, 11) is 0. The molecule has 36 heavy (non-hydrogen) atoms. The van der Waals surface area contributed by atoms with Gasteiger partial charge in [-0.15, -0.1) is 0 Å². The Bertz CT molecular complexity index is 1280. The van der Waals surface area contributed by atoms with Gasteiger partial charge in [-0.3, -0.25) is 25.7 Å². The normalized spacial score (nSPS) is 21.1. The molecule has 3 heterocycles. The van der Waals surface area contributed by atoms with Gasteiger partial charge in [0, 0.05) is 38.3 Å². The number of hydrogen-bond acceptors (Lipinski definition) is 8. The Balaban J connectivity index is 1.48. The number of thioether (sulfide) groups is 1. The Morgan fingerprint density at radius 1 is 1.33 bits per heavy atom. The van der Waals surface area contributed by atoms with Crippen LogP contribution in [0, 0.1) is 22.5 Å². The number of aromatic amines is 1. The van der Waals surface area contributed by atoms with Crippen molar-refractivity contribution < 1.29 is 18.7 Å². The van der Waals surface area contributed by atoms with E-state index in [9.17, 15) is 23.5 Å². The van der Waals surface area contributed by atoms with Crippen LogP contribution in [0.15, 0.2) is 29.2 Å². The molecular weight excluding hydrogens is 490 g/mol. The fraction of sp³-hybridized carbons (Fsp3) is 0.417. The number of piperidine rings is 1. The second-order valence-corrected chi connectivity index (χ2v) is 9.94. The van der Waals surface area contributed by atoms with E-state index in [4.69, 9.17) is 10.8 Å². The summed E-state index contributed by atoms with van der Waals surface area (Å²) in [5.41, 5.74) is -1.82. The molecular formula is C24H28F2N6O3S. The predicted octanol–water partition coefficient (Wildman–Crippen LogP) is 2.49. The Labute approximate surface area is 210 Å². The van der Waals surface area contributed by atoms with Crippen molar-refractivity contribution in [3.05, 3.63) is 63.1 Å². The first-order valence-electron chi connectivity index (χ1n) is 11.7. The molecule has 2 atom stereocenters. The maximum Gasteiger partial charge on any atom is 0.275 e. The zero-order chi connectivity index (χ0) is 26.2. The molecule has 2 aliphatic heterocycles. The number of hydrogen-bond donors (Lipinski definition) is 5. The highest BCUT2D eigenvalue weighted by Crippen LogP contribution is 2.39. The number of nitrogens with zero attached hydrogens (tertiary/aromatic N) is 2. The second kappa shape index (κ2) is 10.1. The van der Waals surface area contributed by atoms with Gasteiger partial charge in [0.2, 0.25) is 5.43 Å². The molecule has 9 nitrogen and oxygen atoms in total. The first-order chi connectivity index (χ1) is 17.1. The van der Waals surface area contributed by atoms with E-state index >= 15 is 0 Å². The minimum atomic E-state index is -0.912. The van der Waals surface area contributed by atoms with Crippen molar-refractivity contribution in [1.82, 2.24) is 20.1 Å². The van der Waals surface area contributed by atoms with Crippen LogP contribution < -0.4 is 10.7 Å². The number of amides is 1. The van der Waals surface area contributed by atoms with E-state index in [1.54, 1.807) is 4.90 Å². The average Bonchev–Trinajstić information content (AvgIpc) is 3.56. The third kappa shape index (κ3) is 4.80. The van der Waals surface area contributed by atoms with Crippen molar-refractivity contribution in [3.8, 4) is 5.75 Å². The number of fused-ring (bicyclic) bond motifs is 1. The molecule has 1 amide bonds. The molecule has 0 bridgehead atoms. The Hall–Kier alpha value is -3.09. The highest BCUT2D eigenvalue weighted by Gasteiger charge is 2.61. The second-order valence-electron chi connectivity index (χ2n) is 8.84. The summed E-state index contributed by atoms with van der Waals surface area (Å²) in [6.45, 7) is 6.85. The van der Waals surface area contributed by atoms with Gasteiger partial charge >= 0.3 is 0 Å². The minimum absolute atomic E-state index is 0.0789. The molecule has 0 aliphatic carbocycles. The largest absolute Gasteiger partial charge is 0.503 e. The fourth-order valence-electron chi connectivity index (χ4n) is 4.71. The van der Waals surface area contributed by atoms with Crippen molar-refractivity contribution in [2.45, 2.75) is 38.4 Å². The number of carbonyl (C=O) groups excluding carboxylic acids is 1. The third-order valence-electron chi connectivity index (χ3n) is 6.76. The van der Waals surface area contributed by atoms with E-state index in [0.717, 1.165) is 32.1 Å². The number of halogens is 2. The van der Waals surface area contributed by atoms with Crippen LogP contribution in [0.4, 0.5) is 8.78 Å². The summed E-state index contributed by atoms with van der Waals surface area (Å²) in [6, 6.07) is 3.12. The van der Waals surface area contributed by atoms with Gasteiger partial charge < -0.3 is 19.9 Å². The van der Waals surface area contributed by atoms with Gasteiger partial charge in [0.15, 0.2) is 11.4 Å². The highest BCUT2D eigenvalue weighted by molar-refractivity contribution is 8.26. The molecule has 5 N–H and O–H groups in total. The van der Waals surface area contributed by atoms with Crippen LogP contribution in [0.2, 0.25) is 0 Å². The molecule has 1 aromatic carbocycles. The molecule has 192 valence electrons. The minimum Gasteiger partial charge on any atom is -0.503 e. The number of pyridine rings is 1. The molecule has 2 unspecified atom stereocenters. The quantitative estimate of drug-likeness (QED) is 0.216. The number of rotatable bonds is 7. The number of H-pyrrole nitrogens is 1. The number of benzene rings is 1. The van der Waals surface area contributed by atoms with Gasteiger partial charge in [0.1, 0.15) is 22.3 Å². The number of likely N-dealkylation sites (N-methyl/N-ethyl adjacent to an activating group) is 2. The summed E-state index contributed by atoms with van der Waals surface area (Å²) in [5.74, 6) is -2.85. The van der Waals surface area contributed by atoms with Crippen molar-refractivity contribution in [3.63, 3.8) is 0 Å². The maximum absolute atomic E-state index is 13.9. The Morgan fingerprint density at radius 2 is 2.08 bits per heavy atom. The van der Waals surface area contributed by atoms with E-state index in [-0.39, 0.29) is 39.4 Å². The topological polar surface area (TPSA) is 146 Å². The van der Waals surface area contributed by atoms with E-state index < -0.39 is 34.4 Å². The summed E-state index contributed by atoms with van der Waals surface area (Å²) < 4.78 is 27.0. The maximum atomic E-state index is 13.9. The standard InChI is InChI=1S/C24H28F2N6O3S/c1-3-31-8-7-24(17(12-31)30-24)32(4-2)23(35)19-21(34)20(33)15(11-29-19)22(28)36-18(27)9-13-5-6-14(25)10-16(13)26/h5-6,10-11,17,27-28,30,34H,3-4,7-9,12H2,1-2H3,(H,29,33). The summed E-state index contributed by atoms with van der Waals surface area (Å²) >= 11 is 0.605. The molecule has 2 aromatic rings. The Kier molecular flexibility index (Phi) is 7.30. The molecule has 12 heteroatoms. The lowest BCUT2D eigenvalue weighted by Gasteiger charge is -2.36. The molecule has 2 fully saturated rings. The third-order valence-corrected chi connectivity index (χ3v) is 7.58. The number of carbonyl (C=O) groups is 1. The highest BCUT2D eigenvalue weighted by atomic mass is 32.2. The SMILES string of the molecule is CCN1CCC2(N(CC)C(=O)c3[nH]cc(C(=N)SC(=N)Cc4ccc(F)cc4F)c(=O)c3O)NC2C1. The van der Waals surface area contributed by atoms with Crippen molar-refractivity contribution in [1.29, 1.82) is 10.8 Å². The van der Waals surface area contributed by atoms with E-state index in [0.29, 0.717) is 24.4 Å². The molecule has 0 saturated carbocycles. The van der Waals surface area contributed by atoms with Gasteiger partial charge in [-0.1, -0.05) is 24.8 Å². The van der Waals surface area contributed by atoms with Crippen LogP contribution in [0.1, 0.15) is 41.9 Å². The van der Waals surface area contributed by atoms with Gasteiger partial charge in [0.25, 0.3) is 5.91 Å². The first-order valence-corrected chi connectivity index (χ1v) is 12.5. The number of aromatic hydroxyl groups is 1.